The number of halogens is 6. The highest BCUT2D eigenvalue weighted by Gasteiger charge is 2.39. The molecule has 0 spiro atoms. The Bertz CT molecular complexity index is 921. The second-order valence-electron chi connectivity index (χ2n) is 7.52. The summed E-state index contributed by atoms with van der Waals surface area (Å²) in [6.07, 6.45) is -8.02. The monoisotopic (exact) mass is 461 g/mol. The fourth-order valence-electron chi connectivity index (χ4n) is 3.56. The van der Waals surface area contributed by atoms with Gasteiger partial charge in [-0.05, 0) is 56.0 Å². The molecule has 1 amide bonds. The van der Waals surface area contributed by atoms with Gasteiger partial charge in [0, 0.05) is 23.3 Å². The van der Waals surface area contributed by atoms with Crippen molar-refractivity contribution in [3.05, 3.63) is 53.3 Å². The van der Waals surface area contributed by atoms with Crippen LogP contribution in [0.15, 0.2) is 36.4 Å². The van der Waals surface area contributed by atoms with Crippen LogP contribution in [-0.2, 0) is 12.4 Å². The van der Waals surface area contributed by atoms with Crippen molar-refractivity contribution in [3.63, 3.8) is 0 Å². The van der Waals surface area contributed by atoms with Crippen molar-refractivity contribution in [2.45, 2.75) is 50.1 Å². The number of carbonyl (C=O) groups is 1. The first-order valence-electron chi connectivity index (χ1n) is 9.83. The van der Waals surface area contributed by atoms with Crippen molar-refractivity contribution in [1.29, 1.82) is 0 Å². The van der Waals surface area contributed by atoms with Gasteiger partial charge in [-0.15, -0.1) is 0 Å². The molecule has 1 aliphatic carbocycles. The van der Waals surface area contributed by atoms with Gasteiger partial charge in [0.05, 0.1) is 7.11 Å². The third-order valence-corrected chi connectivity index (χ3v) is 5.17. The lowest BCUT2D eigenvalue weighted by atomic mass is 9.90. The predicted octanol–water partition coefficient (Wildman–Crippen LogP) is 5.28. The highest BCUT2D eigenvalue weighted by Crippen LogP contribution is 2.35. The molecule has 0 aliphatic heterocycles. The molecule has 1 aliphatic rings. The van der Waals surface area contributed by atoms with E-state index in [0.717, 1.165) is 0 Å². The Hall–Kier alpha value is -2.98. The largest absolute Gasteiger partial charge is 0.497 e. The van der Waals surface area contributed by atoms with Crippen LogP contribution in [0.3, 0.4) is 0 Å². The van der Waals surface area contributed by atoms with Crippen LogP contribution in [0.25, 0.3) is 0 Å². The molecule has 1 aromatic heterocycles. The standard InChI is InChI=1S/C21H21F6N3O2/c1-32-16-4-2-3-12(9-16)19(31)29-14-7-5-13(6-8-14)28-15-10-17(20(22,23)24)30-18(11-15)21(25,26)27/h2-4,9-11,13-14H,5-8H2,1H3,(H,28,30)(H,29,31). The number of aromatic nitrogens is 1. The summed E-state index contributed by atoms with van der Waals surface area (Å²) in [5.74, 6) is 0.262. The second kappa shape index (κ2) is 9.25. The minimum absolute atomic E-state index is 0.152. The topological polar surface area (TPSA) is 63.2 Å². The number of anilines is 1. The van der Waals surface area contributed by atoms with Crippen LogP contribution in [0.5, 0.6) is 5.75 Å². The van der Waals surface area contributed by atoms with E-state index in [1.165, 1.54) is 7.11 Å². The molecule has 1 fully saturated rings. The number of methoxy groups -OCH3 is 1. The average Bonchev–Trinajstić information content (AvgIpc) is 2.73. The van der Waals surface area contributed by atoms with Crippen molar-refractivity contribution < 1.29 is 35.9 Å². The second-order valence-corrected chi connectivity index (χ2v) is 7.52. The quantitative estimate of drug-likeness (QED) is 0.595. The van der Waals surface area contributed by atoms with Crippen LogP contribution < -0.4 is 15.4 Å². The first-order valence-corrected chi connectivity index (χ1v) is 9.83. The number of amides is 1. The number of hydrogen-bond acceptors (Lipinski definition) is 4. The summed E-state index contributed by atoms with van der Waals surface area (Å²) in [7, 11) is 1.49. The SMILES string of the molecule is COc1cccc(C(=O)NC2CCC(Nc3cc(C(F)(F)F)nc(C(F)(F)F)c3)CC2)c1. The van der Waals surface area contributed by atoms with Gasteiger partial charge in [0.2, 0.25) is 0 Å². The summed E-state index contributed by atoms with van der Waals surface area (Å²) in [5, 5.41) is 5.66. The maximum Gasteiger partial charge on any atom is 0.433 e. The van der Waals surface area contributed by atoms with Crippen molar-refractivity contribution in [2.24, 2.45) is 0 Å². The first kappa shape index (κ1) is 23.7. The summed E-state index contributed by atoms with van der Waals surface area (Å²) in [6.45, 7) is 0. The zero-order valence-corrected chi connectivity index (χ0v) is 17.0. The molecule has 0 atom stereocenters. The third kappa shape index (κ3) is 6.04. The number of nitrogens with one attached hydrogen (secondary N) is 2. The van der Waals surface area contributed by atoms with E-state index in [2.05, 4.69) is 15.6 Å². The zero-order chi connectivity index (χ0) is 23.5. The lowest BCUT2D eigenvalue weighted by Crippen LogP contribution is -2.40. The highest BCUT2D eigenvalue weighted by atomic mass is 19.4. The summed E-state index contributed by atoms with van der Waals surface area (Å²) < 4.78 is 82.9. The van der Waals surface area contributed by atoms with Gasteiger partial charge in [-0.25, -0.2) is 4.98 Å². The Kier molecular flexibility index (Phi) is 6.85. The summed E-state index contributed by atoms with van der Waals surface area (Å²) in [4.78, 5) is 15.1. The molecule has 174 valence electrons. The molecule has 0 saturated heterocycles. The van der Waals surface area contributed by atoms with Gasteiger partial charge in [0.25, 0.3) is 5.91 Å². The lowest BCUT2D eigenvalue weighted by Gasteiger charge is -2.30. The molecule has 2 N–H and O–H groups in total. The maximum atomic E-state index is 13.0. The molecule has 1 saturated carbocycles. The van der Waals surface area contributed by atoms with Gasteiger partial charge in [-0.1, -0.05) is 6.07 Å². The number of ether oxygens (including phenoxy) is 1. The number of rotatable bonds is 5. The number of benzene rings is 1. The number of alkyl halides is 6. The van der Waals surface area contributed by atoms with E-state index in [0.29, 0.717) is 49.1 Å². The molecular formula is C21H21F6N3O2. The molecule has 3 rings (SSSR count). The Morgan fingerprint density at radius 2 is 1.50 bits per heavy atom. The average molecular weight is 461 g/mol. The number of nitrogens with zero attached hydrogens (tertiary/aromatic N) is 1. The Balaban J connectivity index is 1.61. The van der Waals surface area contributed by atoms with E-state index in [1.54, 1.807) is 24.3 Å². The molecular weight excluding hydrogens is 440 g/mol. The van der Waals surface area contributed by atoms with Crippen molar-refractivity contribution in [3.8, 4) is 5.75 Å². The van der Waals surface area contributed by atoms with E-state index in [9.17, 15) is 31.1 Å². The Morgan fingerprint density at radius 3 is 2.03 bits per heavy atom. The third-order valence-electron chi connectivity index (χ3n) is 5.17. The normalized spacial score (nSPS) is 19.3. The molecule has 1 heterocycles. The minimum Gasteiger partial charge on any atom is -0.497 e. The highest BCUT2D eigenvalue weighted by molar-refractivity contribution is 5.94. The first-order chi connectivity index (χ1) is 15.0. The zero-order valence-electron chi connectivity index (χ0n) is 17.0. The van der Waals surface area contributed by atoms with Crippen LogP contribution in [0.1, 0.15) is 47.4 Å². The Labute approximate surface area is 180 Å². The van der Waals surface area contributed by atoms with Crippen molar-refractivity contribution in [2.75, 3.05) is 12.4 Å². The lowest BCUT2D eigenvalue weighted by molar-refractivity contribution is -0.150. The van der Waals surface area contributed by atoms with Crippen LogP contribution >= 0.6 is 0 Å². The van der Waals surface area contributed by atoms with E-state index in [-0.39, 0.29) is 23.7 Å². The molecule has 0 unspecified atom stereocenters. The summed E-state index contributed by atoms with van der Waals surface area (Å²) in [6, 6.07) is 7.31. The summed E-state index contributed by atoms with van der Waals surface area (Å²) >= 11 is 0. The van der Waals surface area contributed by atoms with E-state index < -0.39 is 23.7 Å². The molecule has 1 aromatic carbocycles. The van der Waals surface area contributed by atoms with E-state index >= 15 is 0 Å². The smallest absolute Gasteiger partial charge is 0.433 e. The number of carbonyl (C=O) groups excluding carboxylic acids is 1. The fourth-order valence-corrected chi connectivity index (χ4v) is 3.56. The molecule has 0 radical (unpaired) electrons. The molecule has 11 heteroatoms. The number of pyridine rings is 1. The van der Waals surface area contributed by atoms with Gasteiger partial charge in [0.1, 0.15) is 17.1 Å². The van der Waals surface area contributed by atoms with E-state index in [4.69, 9.17) is 4.74 Å². The molecule has 2 aromatic rings. The maximum absolute atomic E-state index is 13.0. The molecule has 32 heavy (non-hydrogen) atoms. The van der Waals surface area contributed by atoms with Gasteiger partial charge in [-0.3, -0.25) is 4.79 Å². The van der Waals surface area contributed by atoms with Crippen LogP contribution in [0.2, 0.25) is 0 Å². The Morgan fingerprint density at radius 1 is 0.938 bits per heavy atom. The van der Waals surface area contributed by atoms with Gasteiger partial charge in [-0.2, -0.15) is 26.3 Å². The molecule has 0 bridgehead atoms. The minimum atomic E-state index is -5.00. The van der Waals surface area contributed by atoms with Crippen LogP contribution in [0.4, 0.5) is 32.0 Å². The van der Waals surface area contributed by atoms with Gasteiger partial charge in [0.15, 0.2) is 0 Å². The van der Waals surface area contributed by atoms with Crippen molar-refractivity contribution >= 4 is 11.6 Å². The van der Waals surface area contributed by atoms with Gasteiger partial charge < -0.3 is 15.4 Å². The fraction of sp³-hybridized carbons (Fsp3) is 0.429. The van der Waals surface area contributed by atoms with Crippen molar-refractivity contribution in [1.82, 2.24) is 10.3 Å². The predicted molar refractivity (Wildman–Crippen MR) is 104 cm³/mol. The van der Waals surface area contributed by atoms with E-state index in [1.807, 2.05) is 0 Å². The van der Waals surface area contributed by atoms with Gasteiger partial charge >= 0.3 is 12.4 Å². The van der Waals surface area contributed by atoms with Crippen LogP contribution in [0, 0.1) is 0 Å². The summed E-state index contributed by atoms with van der Waals surface area (Å²) in [5.41, 5.74) is -3.06. The number of hydrogen-bond donors (Lipinski definition) is 2. The molecule has 5 nitrogen and oxygen atoms in total. The van der Waals surface area contributed by atoms with Crippen LogP contribution in [-0.4, -0.2) is 30.1 Å².